The van der Waals surface area contributed by atoms with Gasteiger partial charge in [-0.15, -0.1) is 0 Å². The number of rotatable bonds is 4. The molecule has 0 aliphatic rings. The Kier molecular flexibility index (Phi) is 5.18. The lowest BCUT2D eigenvalue weighted by Gasteiger charge is -2.11. The molecule has 1 aromatic carbocycles. The first kappa shape index (κ1) is 19.7. The Bertz CT molecular complexity index is 1000. The van der Waals surface area contributed by atoms with Gasteiger partial charge in [0.2, 0.25) is 0 Å². The van der Waals surface area contributed by atoms with Crippen molar-refractivity contribution in [3.8, 4) is 11.3 Å². The second-order valence-corrected chi connectivity index (χ2v) is 9.43. The van der Waals surface area contributed by atoms with E-state index in [2.05, 4.69) is 4.98 Å². The van der Waals surface area contributed by atoms with Crippen LogP contribution in [0.2, 0.25) is 5.15 Å². The lowest BCUT2D eigenvalue weighted by molar-refractivity contribution is -0.0436. The van der Waals surface area contributed by atoms with E-state index in [4.69, 9.17) is 11.6 Å². The van der Waals surface area contributed by atoms with Crippen LogP contribution in [0, 0.1) is 0 Å². The average molecular weight is 414 g/mol. The van der Waals surface area contributed by atoms with Crippen molar-refractivity contribution in [1.29, 1.82) is 0 Å². The number of hydrogen-bond donors (Lipinski definition) is 0. The van der Waals surface area contributed by atoms with E-state index in [1.807, 2.05) is 0 Å². The Labute approximate surface area is 147 Å². The first-order valence-electron chi connectivity index (χ1n) is 6.71. The molecule has 0 radical (unpaired) electrons. The fourth-order valence-electron chi connectivity index (χ4n) is 1.96. The summed E-state index contributed by atoms with van der Waals surface area (Å²) < 4.78 is 84.7. The van der Waals surface area contributed by atoms with Crippen molar-refractivity contribution in [2.75, 3.05) is 5.75 Å². The molecule has 0 unspecified atom stereocenters. The summed E-state index contributed by atoms with van der Waals surface area (Å²) in [5.41, 5.74) is -5.37. The summed E-state index contributed by atoms with van der Waals surface area (Å²) in [7, 11) is -9.17. The quantitative estimate of drug-likeness (QED) is 0.717. The van der Waals surface area contributed by atoms with Crippen LogP contribution in [0.3, 0.4) is 0 Å². The number of pyridine rings is 1. The van der Waals surface area contributed by atoms with Crippen molar-refractivity contribution in [3.05, 3.63) is 41.6 Å². The summed E-state index contributed by atoms with van der Waals surface area (Å²) in [5, 5.41) is -0.0166. The summed E-state index contributed by atoms with van der Waals surface area (Å²) in [6.45, 7) is 1.42. The second kappa shape index (κ2) is 6.58. The molecular weight excluding hydrogens is 403 g/mol. The van der Waals surface area contributed by atoms with E-state index < -0.39 is 30.1 Å². The van der Waals surface area contributed by atoms with Crippen molar-refractivity contribution in [2.45, 2.75) is 22.2 Å². The monoisotopic (exact) mass is 413 g/mol. The van der Waals surface area contributed by atoms with Crippen LogP contribution in [0.25, 0.3) is 11.3 Å². The van der Waals surface area contributed by atoms with Gasteiger partial charge in [-0.3, -0.25) is 0 Å². The fourth-order valence-corrected chi connectivity index (χ4v) is 3.92. The van der Waals surface area contributed by atoms with Gasteiger partial charge in [-0.25, -0.2) is 21.8 Å². The largest absolute Gasteiger partial charge is 0.501 e. The average Bonchev–Trinajstić information content (AvgIpc) is 2.53. The summed E-state index contributed by atoms with van der Waals surface area (Å²) in [6.07, 6.45) is 0. The Balaban J connectivity index is 2.61. The molecule has 0 saturated carbocycles. The van der Waals surface area contributed by atoms with Crippen molar-refractivity contribution in [2.24, 2.45) is 0 Å². The zero-order valence-electron chi connectivity index (χ0n) is 12.6. The van der Waals surface area contributed by atoms with E-state index in [0.717, 1.165) is 24.3 Å². The van der Waals surface area contributed by atoms with Gasteiger partial charge in [0, 0.05) is 5.56 Å². The maximum Gasteiger partial charge on any atom is 0.501 e. The zero-order valence-corrected chi connectivity index (χ0v) is 15.0. The minimum Gasteiger partial charge on any atom is -0.235 e. The van der Waals surface area contributed by atoms with Gasteiger partial charge < -0.3 is 0 Å². The van der Waals surface area contributed by atoms with Crippen LogP contribution in [0.15, 0.2) is 46.2 Å². The smallest absolute Gasteiger partial charge is 0.235 e. The van der Waals surface area contributed by atoms with Gasteiger partial charge in [-0.1, -0.05) is 30.7 Å². The molecule has 1 heterocycles. The molecule has 136 valence electrons. The third-order valence-corrected chi connectivity index (χ3v) is 6.75. The maximum absolute atomic E-state index is 12.6. The van der Waals surface area contributed by atoms with E-state index >= 15 is 0 Å². The van der Waals surface area contributed by atoms with Crippen LogP contribution >= 0.6 is 11.6 Å². The van der Waals surface area contributed by atoms with Crippen LogP contribution in [0.5, 0.6) is 0 Å². The number of hydrogen-bond acceptors (Lipinski definition) is 5. The van der Waals surface area contributed by atoms with Gasteiger partial charge in [0.05, 0.1) is 21.2 Å². The molecule has 2 rings (SSSR count). The van der Waals surface area contributed by atoms with E-state index in [9.17, 15) is 30.0 Å². The van der Waals surface area contributed by atoms with Crippen LogP contribution in [-0.2, 0) is 19.7 Å². The first-order chi connectivity index (χ1) is 11.4. The minimum atomic E-state index is -5.49. The van der Waals surface area contributed by atoms with Crippen molar-refractivity contribution in [3.63, 3.8) is 0 Å². The minimum absolute atomic E-state index is 0.0166. The molecule has 0 fully saturated rings. The maximum atomic E-state index is 12.6. The van der Waals surface area contributed by atoms with Crippen LogP contribution in [-0.4, -0.2) is 33.1 Å². The molecule has 11 heteroatoms. The van der Waals surface area contributed by atoms with E-state index in [0.29, 0.717) is 0 Å². The van der Waals surface area contributed by atoms with Gasteiger partial charge in [0.15, 0.2) is 9.84 Å². The van der Waals surface area contributed by atoms with Crippen LogP contribution in [0.4, 0.5) is 13.2 Å². The molecule has 2 aromatic rings. The Morgan fingerprint density at radius 1 is 1.00 bits per heavy atom. The van der Waals surface area contributed by atoms with Gasteiger partial charge in [0.25, 0.3) is 9.84 Å². The molecule has 0 amide bonds. The molecule has 5 nitrogen and oxygen atoms in total. The molecule has 1 aromatic heterocycles. The summed E-state index contributed by atoms with van der Waals surface area (Å²) in [6, 6.07) is 6.09. The van der Waals surface area contributed by atoms with Crippen molar-refractivity contribution in [1.82, 2.24) is 4.98 Å². The Morgan fingerprint density at radius 3 is 2.04 bits per heavy atom. The molecular formula is C14H11ClF3NO4S2. The SMILES string of the molecule is CCS(=O)(=O)c1ccc(Cl)nc1-c1ccc(S(=O)(=O)C(F)(F)F)cc1. The van der Waals surface area contributed by atoms with Gasteiger partial charge in [0.1, 0.15) is 5.15 Å². The third kappa shape index (κ3) is 3.80. The van der Waals surface area contributed by atoms with Crippen molar-refractivity contribution < 1.29 is 30.0 Å². The lowest BCUT2D eigenvalue weighted by Crippen LogP contribution is -2.23. The molecule has 0 N–H and O–H groups in total. The third-order valence-electron chi connectivity index (χ3n) is 3.28. The van der Waals surface area contributed by atoms with Gasteiger partial charge >= 0.3 is 5.51 Å². The molecule has 25 heavy (non-hydrogen) atoms. The predicted molar refractivity (Wildman–Crippen MR) is 85.7 cm³/mol. The van der Waals surface area contributed by atoms with Crippen LogP contribution in [0.1, 0.15) is 6.92 Å². The normalized spacial score (nSPS) is 13.0. The van der Waals surface area contributed by atoms with E-state index in [1.54, 1.807) is 0 Å². The highest BCUT2D eigenvalue weighted by Crippen LogP contribution is 2.33. The van der Waals surface area contributed by atoms with Gasteiger partial charge in [-0.2, -0.15) is 13.2 Å². The predicted octanol–water partition coefficient (Wildman–Crippen LogP) is 3.49. The zero-order chi connectivity index (χ0) is 19.0. The summed E-state index contributed by atoms with van der Waals surface area (Å²) in [5.74, 6) is -0.218. The van der Waals surface area contributed by atoms with Gasteiger partial charge in [-0.05, 0) is 24.3 Å². The summed E-state index contributed by atoms with van der Waals surface area (Å²) in [4.78, 5) is 2.81. The second-order valence-electron chi connectivity index (χ2n) is 4.86. The van der Waals surface area contributed by atoms with Crippen molar-refractivity contribution >= 4 is 31.3 Å². The Morgan fingerprint density at radius 2 is 1.56 bits per heavy atom. The number of halogens is 4. The first-order valence-corrected chi connectivity index (χ1v) is 10.2. The molecule has 0 spiro atoms. The highest BCUT2D eigenvalue weighted by Gasteiger charge is 2.46. The lowest BCUT2D eigenvalue weighted by atomic mass is 10.1. The molecule has 0 aliphatic carbocycles. The Hall–Kier alpha value is -1.65. The fraction of sp³-hybridized carbons (Fsp3) is 0.214. The van der Waals surface area contributed by atoms with Crippen LogP contribution < -0.4 is 0 Å². The number of nitrogens with zero attached hydrogens (tertiary/aromatic N) is 1. The molecule has 0 saturated heterocycles. The number of sulfone groups is 2. The van der Waals surface area contributed by atoms with E-state index in [1.165, 1.54) is 19.1 Å². The number of aromatic nitrogens is 1. The number of benzene rings is 1. The topological polar surface area (TPSA) is 81.2 Å². The standard InChI is InChI=1S/C14H11ClF3NO4S2/c1-2-24(20,21)11-7-8-12(15)19-13(11)9-3-5-10(6-4-9)25(22,23)14(16,17)18/h3-8H,2H2,1H3. The number of alkyl halides is 3. The highest BCUT2D eigenvalue weighted by molar-refractivity contribution is 7.92. The van der Waals surface area contributed by atoms with E-state index in [-0.39, 0.29) is 27.1 Å². The molecule has 0 bridgehead atoms. The summed E-state index contributed by atoms with van der Waals surface area (Å²) >= 11 is 5.77. The molecule has 0 atom stereocenters. The highest BCUT2D eigenvalue weighted by atomic mass is 35.5. The molecule has 0 aliphatic heterocycles.